The smallest absolute Gasteiger partial charge is 0.407 e. The first kappa shape index (κ1) is 24.8. The van der Waals surface area contributed by atoms with E-state index in [4.69, 9.17) is 9.84 Å². The van der Waals surface area contributed by atoms with Crippen LogP contribution in [0.15, 0.2) is 48.5 Å². The maximum absolute atomic E-state index is 12.2. The zero-order chi connectivity index (χ0) is 24.6. The summed E-state index contributed by atoms with van der Waals surface area (Å²) in [6.07, 6.45) is 5.38. The van der Waals surface area contributed by atoms with E-state index < -0.39 is 5.97 Å². The topological polar surface area (TPSA) is 105 Å². The van der Waals surface area contributed by atoms with Crippen LogP contribution in [0.5, 0.6) is 0 Å². The number of ether oxygens (including phenoxy) is 1. The Morgan fingerprint density at radius 2 is 1.49 bits per heavy atom. The number of carboxylic acid groups (broad SMARTS) is 1. The summed E-state index contributed by atoms with van der Waals surface area (Å²) in [5.41, 5.74) is 4.83. The quantitative estimate of drug-likeness (QED) is 0.362. The van der Waals surface area contributed by atoms with Gasteiger partial charge in [-0.1, -0.05) is 67.8 Å². The summed E-state index contributed by atoms with van der Waals surface area (Å²) < 4.78 is 5.55. The third-order valence-corrected chi connectivity index (χ3v) is 6.99. The molecular formula is C28H34N2O5. The second-order valence-corrected chi connectivity index (χ2v) is 9.51. The average molecular weight is 479 g/mol. The van der Waals surface area contributed by atoms with Crippen LogP contribution in [0.4, 0.5) is 4.79 Å². The van der Waals surface area contributed by atoms with Gasteiger partial charge in [-0.15, -0.1) is 0 Å². The van der Waals surface area contributed by atoms with Gasteiger partial charge in [0, 0.05) is 25.4 Å². The van der Waals surface area contributed by atoms with Crippen molar-refractivity contribution in [1.29, 1.82) is 0 Å². The number of nitrogens with one attached hydrogen (secondary N) is 2. The lowest BCUT2D eigenvalue weighted by atomic mass is 9.98. The summed E-state index contributed by atoms with van der Waals surface area (Å²) in [5.74, 6) is -0.888. The van der Waals surface area contributed by atoms with Crippen molar-refractivity contribution in [3.63, 3.8) is 0 Å². The Balaban J connectivity index is 1.03. The fraction of sp³-hybridized carbons (Fsp3) is 0.464. The maximum Gasteiger partial charge on any atom is 0.407 e. The van der Waals surface area contributed by atoms with Crippen LogP contribution in [0, 0.1) is 11.8 Å². The van der Waals surface area contributed by atoms with E-state index in [-0.39, 0.29) is 29.8 Å². The number of carbonyl (C=O) groups is 3. The first-order valence-corrected chi connectivity index (χ1v) is 12.6. The van der Waals surface area contributed by atoms with Crippen LogP contribution in [0.1, 0.15) is 62.0 Å². The molecule has 0 heterocycles. The monoisotopic (exact) mass is 478 g/mol. The van der Waals surface area contributed by atoms with E-state index in [1.54, 1.807) is 0 Å². The van der Waals surface area contributed by atoms with Crippen LogP contribution in [0.3, 0.4) is 0 Å². The number of benzene rings is 2. The highest BCUT2D eigenvalue weighted by atomic mass is 16.5. The molecule has 0 saturated heterocycles. The molecule has 2 aromatic carbocycles. The molecule has 1 fully saturated rings. The number of amides is 2. The van der Waals surface area contributed by atoms with E-state index in [1.165, 1.54) is 22.3 Å². The number of aliphatic carboxylic acids is 1. The van der Waals surface area contributed by atoms with Crippen molar-refractivity contribution in [3.8, 4) is 11.1 Å². The van der Waals surface area contributed by atoms with E-state index in [1.807, 2.05) is 24.3 Å². The molecule has 2 amide bonds. The molecule has 0 aliphatic heterocycles. The predicted octanol–water partition coefficient (Wildman–Crippen LogP) is 4.70. The predicted molar refractivity (Wildman–Crippen MR) is 133 cm³/mol. The fourth-order valence-electron chi connectivity index (χ4n) is 4.89. The lowest BCUT2D eigenvalue weighted by Gasteiger charge is -2.14. The van der Waals surface area contributed by atoms with Gasteiger partial charge >= 0.3 is 12.1 Å². The lowest BCUT2D eigenvalue weighted by Crippen LogP contribution is -2.27. The highest BCUT2D eigenvalue weighted by Crippen LogP contribution is 2.44. The molecule has 0 bridgehead atoms. The number of carboxylic acids is 1. The number of alkyl carbamates (subject to hydrolysis) is 1. The van der Waals surface area contributed by atoms with Gasteiger partial charge < -0.3 is 20.5 Å². The Hall–Kier alpha value is -3.35. The Bertz CT molecular complexity index is 1010. The first-order chi connectivity index (χ1) is 17.0. The van der Waals surface area contributed by atoms with Gasteiger partial charge in [-0.2, -0.15) is 0 Å². The molecule has 186 valence electrons. The molecule has 2 unspecified atom stereocenters. The van der Waals surface area contributed by atoms with Crippen molar-refractivity contribution in [2.24, 2.45) is 11.8 Å². The average Bonchev–Trinajstić information content (AvgIpc) is 3.59. The van der Waals surface area contributed by atoms with Gasteiger partial charge in [0.25, 0.3) is 0 Å². The van der Waals surface area contributed by atoms with Crippen molar-refractivity contribution >= 4 is 18.0 Å². The van der Waals surface area contributed by atoms with Crippen LogP contribution < -0.4 is 10.6 Å². The summed E-state index contributed by atoms with van der Waals surface area (Å²) in [6.45, 7) is 1.36. The number of carbonyl (C=O) groups excluding carboxylic acids is 2. The van der Waals surface area contributed by atoms with Crippen molar-refractivity contribution in [2.45, 2.75) is 50.9 Å². The second kappa shape index (κ2) is 11.9. The SMILES string of the molecule is O=C(CCCCCCCNC(=O)OCC1c2ccccc2-c2ccccc21)NCC1CC1C(=O)O. The minimum atomic E-state index is -0.766. The highest BCUT2D eigenvalue weighted by molar-refractivity contribution is 5.79. The Morgan fingerprint density at radius 3 is 2.14 bits per heavy atom. The summed E-state index contributed by atoms with van der Waals surface area (Å²) >= 11 is 0. The molecule has 7 heteroatoms. The number of fused-ring (bicyclic) bond motifs is 3. The van der Waals surface area contributed by atoms with Crippen LogP contribution in [0.2, 0.25) is 0 Å². The van der Waals surface area contributed by atoms with Gasteiger partial charge in [0.2, 0.25) is 5.91 Å². The van der Waals surface area contributed by atoms with Crippen LogP contribution in [-0.4, -0.2) is 42.8 Å². The van der Waals surface area contributed by atoms with E-state index >= 15 is 0 Å². The van der Waals surface area contributed by atoms with Gasteiger partial charge in [0.15, 0.2) is 0 Å². The molecule has 3 N–H and O–H groups in total. The summed E-state index contributed by atoms with van der Waals surface area (Å²) in [6, 6.07) is 16.6. The third kappa shape index (κ3) is 6.62. The molecular weight excluding hydrogens is 444 g/mol. The van der Waals surface area contributed by atoms with Crippen LogP contribution in [0.25, 0.3) is 11.1 Å². The van der Waals surface area contributed by atoms with Gasteiger partial charge in [0.05, 0.1) is 5.92 Å². The fourth-order valence-corrected chi connectivity index (χ4v) is 4.89. The van der Waals surface area contributed by atoms with Crippen molar-refractivity contribution in [3.05, 3.63) is 59.7 Å². The van der Waals surface area contributed by atoms with E-state index in [2.05, 4.69) is 34.9 Å². The van der Waals surface area contributed by atoms with Crippen molar-refractivity contribution in [2.75, 3.05) is 19.7 Å². The number of hydrogen-bond donors (Lipinski definition) is 3. The Labute approximate surface area is 206 Å². The molecule has 7 nitrogen and oxygen atoms in total. The minimum absolute atomic E-state index is 0.00189. The molecule has 2 aliphatic carbocycles. The van der Waals surface area contributed by atoms with Crippen LogP contribution in [-0.2, 0) is 14.3 Å². The molecule has 35 heavy (non-hydrogen) atoms. The summed E-state index contributed by atoms with van der Waals surface area (Å²) in [5, 5.41) is 14.5. The minimum Gasteiger partial charge on any atom is -0.481 e. The van der Waals surface area contributed by atoms with E-state index in [9.17, 15) is 14.4 Å². The number of hydrogen-bond acceptors (Lipinski definition) is 4. The summed E-state index contributed by atoms with van der Waals surface area (Å²) in [7, 11) is 0. The molecule has 0 spiro atoms. The van der Waals surface area contributed by atoms with Gasteiger partial charge in [-0.3, -0.25) is 9.59 Å². The van der Waals surface area contributed by atoms with Gasteiger partial charge in [0.1, 0.15) is 6.61 Å². The second-order valence-electron chi connectivity index (χ2n) is 9.51. The largest absolute Gasteiger partial charge is 0.481 e. The number of rotatable bonds is 13. The third-order valence-electron chi connectivity index (χ3n) is 6.99. The number of unbranched alkanes of at least 4 members (excludes halogenated alkanes) is 4. The van der Waals surface area contributed by atoms with Crippen molar-refractivity contribution in [1.82, 2.24) is 10.6 Å². The highest BCUT2D eigenvalue weighted by Gasteiger charge is 2.42. The lowest BCUT2D eigenvalue weighted by molar-refractivity contribution is -0.139. The zero-order valence-corrected chi connectivity index (χ0v) is 20.0. The molecule has 0 aromatic heterocycles. The molecule has 4 rings (SSSR count). The standard InChI is InChI=1S/C28H34N2O5/c31-26(30-17-19-16-24(19)27(32)33)14-4-2-1-3-9-15-29-28(34)35-18-25-22-12-7-5-10-20(22)21-11-6-8-13-23(21)25/h5-8,10-13,19,24-25H,1-4,9,14-18H2,(H,29,34)(H,30,31)(H,32,33). The Kier molecular flexibility index (Phi) is 8.40. The van der Waals surface area contributed by atoms with Gasteiger partial charge in [-0.05, 0) is 47.4 Å². The van der Waals surface area contributed by atoms with E-state index in [0.29, 0.717) is 32.5 Å². The maximum atomic E-state index is 12.2. The molecule has 0 radical (unpaired) electrons. The molecule has 1 saturated carbocycles. The first-order valence-electron chi connectivity index (χ1n) is 12.6. The van der Waals surface area contributed by atoms with E-state index in [0.717, 1.165) is 32.1 Å². The zero-order valence-electron chi connectivity index (χ0n) is 20.0. The van der Waals surface area contributed by atoms with Crippen LogP contribution >= 0.6 is 0 Å². The summed E-state index contributed by atoms with van der Waals surface area (Å²) in [4.78, 5) is 34.8. The van der Waals surface area contributed by atoms with Crippen molar-refractivity contribution < 1.29 is 24.2 Å². The molecule has 2 atom stereocenters. The normalized spacial score (nSPS) is 17.8. The Morgan fingerprint density at radius 1 is 0.857 bits per heavy atom. The molecule has 2 aliphatic rings. The molecule has 2 aromatic rings. The van der Waals surface area contributed by atoms with Gasteiger partial charge in [-0.25, -0.2) is 4.79 Å².